The second-order valence-electron chi connectivity index (χ2n) is 8.84. The number of fused-ring (bicyclic) bond motifs is 2. The number of aromatic nitrogens is 3. The van der Waals surface area contributed by atoms with E-state index in [1.807, 2.05) is 57.2 Å². The summed E-state index contributed by atoms with van der Waals surface area (Å²) in [5.74, 6) is -1.10. The van der Waals surface area contributed by atoms with Crippen LogP contribution in [0.2, 0.25) is 0 Å². The molecule has 3 aromatic heterocycles. The van der Waals surface area contributed by atoms with Gasteiger partial charge in [-0.2, -0.15) is 4.99 Å². The molecule has 0 radical (unpaired) electrons. The quantitative estimate of drug-likeness (QED) is 0.235. The highest BCUT2D eigenvalue weighted by molar-refractivity contribution is 5.96. The first kappa shape index (κ1) is 24.8. The molecule has 36 heavy (non-hydrogen) atoms. The number of nitrogens with zero attached hydrogens (tertiary/aromatic N) is 4. The largest absolute Gasteiger partial charge is 0.462 e. The molecule has 4 rings (SSSR count). The zero-order valence-corrected chi connectivity index (χ0v) is 20.8. The number of ether oxygens (including phenoxy) is 1. The molecule has 1 amide bonds. The maximum Gasteiger partial charge on any atom is 0.341 e. The van der Waals surface area contributed by atoms with E-state index in [-0.39, 0.29) is 34.5 Å². The number of esters is 1. The van der Waals surface area contributed by atoms with Crippen LogP contribution in [-0.4, -0.2) is 32.4 Å². The van der Waals surface area contributed by atoms with Crippen molar-refractivity contribution in [2.24, 2.45) is 10.9 Å². The van der Waals surface area contributed by atoms with Gasteiger partial charge in [-0.1, -0.05) is 50.2 Å². The van der Waals surface area contributed by atoms with Crippen molar-refractivity contribution in [3.8, 4) is 0 Å². The number of amides is 1. The molecule has 8 nitrogen and oxygen atoms in total. The van der Waals surface area contributed by atoms with Crippen LogP contribution in [0, 0.1) is 12.8 Å². The third-order valence-corrected chi connectivity index (χ3v) is 5.58. The summed E-state index contributed by atoms with van der Waals surface area (Å²) in [6.45, 7) is 8.07. The van der Waals surface area contributed by atoms with E-state index in [0.717, 1.165) is 11.1 Å². The maximum absolute atomic E-state index is 13.5. The number of benzene rings is 1. The second kappa shape index (κ2) is 10.5. The average Bonchev–Trinajstić information content (AvgIpc) is 2.85. The standard InChI is InChI=1S/C28H28N4O4/c1-5-36-28(35)22-16-21-25(30-24-19(4)10-9-15-31(24)27(21)34)32(17-18(2)3)26(22)29-23(33)14-13-20-11-7-6-8-12-20/h6-16,18H,5,17H2,1-4H3/b14-13+,29-26?. The summed E-state index contributed by atoms with van der Waals surface area (Å²) in [4.78, 5) is 48.4. The highest BCUT2D eigenvalue weighted by Crippen LogP contribution is 2.15. The molecule has 0 bridgehead atoms. The molecule has 0 aliphatic carbocycles. The molecule has 4 aromatic rings. The number of pyridine rings is 2. The van der Waals surface area contributed by atoms with Crippen molar-refractivity contribution in [2.75, 3.05) is 6.61 Å². The molecule has 0 unspecified atom stereocenters. The van der Waals surface area contributed by atoms with Crippen LogP contribution in [0.25, 0.3) is 22.8 Å². The fraction of sp³-hybridized carbons (Fsp3) is 0.250. The Morgan fingerprint density at radius 3 is 2.56 bits per heavy atom. The van der Waals surface area contributed by atoms with Gasteiger partial charge in [-0.15, -0.1) is 0 Å². The van der Waals surface area contributed by atoms with Crippen LogP contribution in [0.3, 0.4) is 0 Å². The first-order valence-corrected chi connectivity index (χ1v) is 11.8. The topological polar surface area (TPSA) is 95.0 Å². The van der Waals surface area contributed by atoms with Gasteiger partial charge in [-0.3, -0.25) is 14.0 Å². The number of hydrogen-bond donors (Lipinski definition) is 0. The summed E-state index contributed by atoms with van der Waals surface area (Å²) >= 11 is 0. The van der Waals surface area contributed by atoms with Crippen molar-refractivity contribution in [2.45, 2.75) is 34.2 Å². The average molecular weight is 485 g/mol. The van der Waals surface area contributed by atoms with Crippen LogP contribution in [0.5, 0.6) is 0 Å². The van der Waals surface area contributed by atoms with Gasteiger partial charge >= 0.3 is 5.97 Å². The minimum absolute atomic E-state index is 0.0398. The lowest BCUT2D eigenvalue weighted by atomic mass is 10.1. The van der Waals surface area contributed by atoms with Gasteiger partial charge in [0.1, 0.15) is 16.9 Å². The zero-order chi connectivity index (χ0) is 25.8. The number of carbonyl (C=O) groups is 2. The van der Waals surface area contributed by atoms with E-state index in [1.165, 1.54) is 16.5 Å². The summed E-state index contributed by atoms with van der Waals surface area (Å²) < 4.78 is 8.39. The summed E-state index contributed by atoms with van der Waals surface area (Å²) in [6.07, 6.45) is 4.65. The predicted octanol–water partition coefficient (Wildman–Crippen LogP) is 3.93. The minimum Gasteiger partial charge on any atom is -0.462 e. The first-order valence-electron chi connectivity index (χ1n) is 11.8. The van der Waals surface area contributed by atoms with E-state index in [0.29, 0.717) is 17.8 Å². The molecular formula is C28H28N4O4. The lowest BCUT2D eigenvalue weighted by molar-refractivity contribution is -0.113. The Labute approximate surface area is 208 Å². The van der Waals surface area contributed by atoms with Crippen molar-refractivity contribution in [1.82, 2.24) is 14.0 Å². The Kier molecular flexibility index (Phi) is 7.24. The van der Waals surface area contributed by atoms with Crippen molar-refractivity contribution in [3.63, 3.8) is 0 Å². The van der Waals surface area contributed by atoms with Crippen LogP contribution in [0.4, 0.5) is 0 Å². The lowest BCUT2D eigenvalue weighted by Gasteiger charge is -2.17. The summed E-state index contributed by atoms with van der Waals surface area (Å²) in [5, 5.41) is 0.244. The molecule has 0 aliphatic heterocycles. The molecule has 0 saturated heterocycles. The molecule has 0 saturated carbocycles. The Hall–Kier alpha value is -4.33. The highest BCUT2D eigenvalue weighted by atomic mass is 16.5. The molecule has 184 valence electrons. The number of rotatable bonds is 6. The van der Waals surface area contributed by atoms with E-state index in [4.69, 9.17) is 9.72 Å². The van der Waals surface area contributed by atoms with Crippen LogP contribution < -0.4 is 11.0 Å². The summed E-state index contributed by atoms with van der Waals surface area (Å²) in [6, 6.07) is 14.4. The molecule has 3 heterocycles. The van der Waals surface area contributed by atoms with Gasteiger partial charge in [-0.05, 0) is 49.1 Å². The zero-order valence-electron chi connectivity index (χ0n) is 20.8. The molecule has 1 aromatic carbocycles. The Bertz CT molecular complexity index is 1610. The monoisotopic (exact) mass is 484 g/mol. The Morgan fingerprint density at radius 2 is 1.86 bits per heavy atom. The van der Waals surface area contributed by atoms with Crippen LogP contribution in [0.1, 0.15) is 42.3 Å². The molecule has 0 N–H and O–H groups in total. The predicted molar refractivity (Wildman–Crippen MR) is 139 cm³/mol. The van der Waals surface area contributed by atoms with Crippen molar-refractivity contribution >= 4 is 34.6 Å². The van der Waals surface area contributed by atoms with E-state index in [9.17, 15) is 14.4 Å². The van der Waals surface area contributed by atoms with Gasteiger partial charge in [0.05, 0.1) is 12.0 Å². The van der Waals surface area contributed by atoms with E-state index < -0.39 is 11.9 Å². The van der Waals surface area contributed by atoms with E-state index in [2.05, 4.69) is 4.99 Å². The summed E-state index contributed by atoms with van der Waals surface area (Å²) in [7, 11) is 0. The van der Waals surface area contributed by atoms with E-state index >= 15 is 0 Å². The third kappa shape index (κ3) is 5.02. The highest BCUT2D eigenvalue weighted by Gasteiger charge is 2.20. The van der Waals surface area contributed by atoms with Gasteiger partial charge in [0.15, 0.2) is 5.49 Å². The van der Waals surface area contributed by atoms with Crippen LogP contribution in [0.15, 0.2) is 70.6 Å². The van der Waals surface area contributed by atoms with Gasteiger partial charge in [0, 0.05) is 18.8 Å². The molecule has 0 aliphatic rings. The molecule has 0 fully saturated rings. The Morgan fingerprint density at radius 1 is 1.11 bits per heavy atom. The number of carbonyl (C=O) groups excluding carboxylic acids is 2. The smallest absolute Gasteiger partial charge is 0.341 e. The lowest BCUT2D eigenvalue weighted by Crippen LogP contribution is -2.33. The van der Waals surface area contributed by atoms with Gasteiger partial charge in [0.2, 0.25) is 0 Å². The SMILES string of the molecule is CCOC(=O)c1cc2c(=O)n3cccc(C)c3nc2n(CC(C)C)c1=NC(=O)/C=C/c1ccccc1. The Balaban J connectivity index is 2.06. The molecule has 0 atom stereocenters. The maximum atomic E-state index is 13.5. The second-order valence-corrected chi connectivity index (χ2v) is 8.84. The first-order chi connectivity index (χ1) is 17.3. The number of hydrogen-bond acceptors (Lipinski definition) is 5. The normalized spacial score (nSPS) is 12.2. The van der Waals surface area contributed by atoms with Crippen molar-refractivity contribution in [3.05, 3.63) is 93.3 Å². The van der Waals surface area contributed by atoms with Gasteiger partial charge in [-0.25, -0.2) is 9.78 Å². The van der Waals surface area contributed by atoms with E-state index in [1.54, 1.807) is 29.8 Å². The van der Waals surface area contributed by atoms with Crippen molar-refractivity contribution in [1.29, 1.82) is 0 Å². The third-order valence-electron chi connectivity index (χ3n) is 5.58. The molecule has 8 heteroatoms. The van der Waals surface area contributed by atoms with Crippen LogP contribution in [-0.2, 0) is 16.1 Å². The van der Waals surface area contributed by atoms with Crippen LogP contribution >= 0.6 is 0 Å². The fourth-order valence-corrected chi connectivity index (χ4v) is 3.98. The summed E-state index contributed by atoms with van der Waals surface area (Å²) in [5.41, 5.74) is 2.36. The fourth-order valence-electron chi connectivity index (χ4n) is 3.98. The minimum atomic E-state index is -0.663. The molecular weight excluding hydrogens is 456 g/mol. The number of aryl methyl sites for hydroxylation is 1. The van der Waals surface area contributed by atoms with Gasteiger partial charge < -0.3 is 9.30 Å². The molecule has 0 spiro atoms. The van der Waals surface area contributed by atoms with Gasteiger partial charge in [0.25, 0.3) is 11.5 Å². The van der Waals surface area contributed by atoms with Crippen molar-refractivity contribution < 1.29 is 14.3 Å².